The molecular weight excluding hydrogens is 214 g/mol. The molecule has 0 atom stereocenters. The number of benzene rings is 1. The Morgan fingerprint density at radius 1 is 1.57 bits per heavy atom. The van der Waals surface area contributed by atoms with E-state index in [9.17, 15) is 0 Å². The van der Waals surface area contributed by atoms with Crippen molar-refractivity contribution in [3.63, 3.8) is 0 Å². The molecule has 0 saturated heterocycles. The maximum absolute atomic E-state index is 8.65. The van der Waals surface area contributed by atoms with Gasteiger partial charge in [0.25, 0.3) is 0 Å². The third-order valence-electron chi connectivity index (χ3n) is 2.23. The monoisotopic (exact) mass is 221 g/mol. The third kappa shape index (κ3) is 1.39. The molecule has 0 radical (unpaired) electrons. The van der Waals surface area contributed by atoms with Crippen LogP contribution >= 0.6 is 22.9 Å². The fourth-order valence-corrected chi connectivity index (χ4v) is 2.84. The Bertz CT molecular complexity index is 522. The van der Waals surface area contributed by atoms with E-state index in [2.05, 4.69) is 12.1 Å². The highest BCUT2D eigenvalue weighted by Crippen LogP contribution is 2.34. The van der Waals surface area contributed by atoms with Gasteiger partial charge in [-0.3, -0.25) is 0 Å². The van der Waals surface area contributed by atoms with E-state index in [0.29, 0.717) is 6.42 Å². The molecule has 0 aliphatic rings. The van der Waals surface area contributed by atoms with E-state index in [4.69, 9.17) is 16.9 Å². The molecule has 0 bridgehead atoms. The molecule has 1 heterocycles. The van der Waals surface area contributed by atoms with Crippen molar-refractivity contribution in [2.24, 2.45) is 0 Å². The highest BCUT2D eigenvalue weighted by atomic mass is 35.5. The molecule has 70 valence electrons. The van der Waals surface area contributed by atoms with E-state index in [0.717, 1.165) is 15.3 Å². The molecule has 0 fully saturated rings. The highest BCUT2D eigenvalue weighted by molar-refractivity contribution is 7.17. The molecule has 0 unspecified atom stereocenters. The summed E-state index contributed by atoms with van der Waals surface area (Å²) in [5.41, 5.74) is 2.12. The van der Waals surface area contributed by atoms with Crippen molar-refractivity contribution in [1.82, 2.24) is 0 Å². The molecule has 0 saturated carbocycles. The molecule has 0 spiro atoms. The van der Waals surface area contributed by atoms with Gasteiger partial charge in [0.15, 0.2) is 0 Å². The minimum atomic E-state index is 0.382. The van der Waals surface area contributed by atoms with Gasteiger partial charge in [0.2, 0.25) is 0 Å². The van der Waals surface area contributed by atoms with Crippen molar-refractivity contribution in [2.75, 3.05) is 0 Å². The molecule has 1 nitrogen and oxygen atoms in total. The number of thiophene rings is 1. The van der Waals surface area contributed by atoms with Gasteiger partial charge in [-0.2, -0.15) is 5.26 Å². The summed E-state index contributed by atoms with van der Waals surface area (Å²) in [7, 11) is 0. The number of halogens is 1. The highest BCUT2D eigenvalue weighted by Gasteiger charge is 2.08. The standard InChI is InChI=1S/C11H8ClNS/c1-7-6-8(2-4-13)10(12)11-9(7)3-5-14-11/h3,5-6H,2H2,1H3. The minimum absolute atomic E-state index is 0.382. The van der Waals surface area contributed by atoms with Gasteiger partial charge in [0, 0.05) is 0 Å². The van der Waals surface area contributed by atoms with Crippen LogP contribution in [-0.2, 0) is 6.42 Å². The van der Waals surface area contributed by atoms with Gasteiger partial charge in [-0.1, -0.05) is 17.7 Å². The summed E-state index contributed by atoms with van der Waals surface area (Å²) in [6, 6.07) is 6.20. The maximum atomic E-state index is 8.65. The third-order valence-corrected chi connectivity index (χ3v) is 3.71. The van der Waals surface area contributed by atoms with Gasteiger partial charge in [0.1, 0.15) is 0 Å². The number of hydrogen-bond acceptors (Lipinski definition) is 2. The molecule has 14 heavy (non-hydrogen) atoms. The number of nitrogens with zero attached hydrogens (tertiary/aromatic N) is 1. The van der Waals surface area contributed by atoms with Crippen LogP contribution in [0, 0.1) is 18.3 Å². The summed E-state index contributed by atoms with van der Waals surface area (Å²) in [5, 5.41) is 12.6. The zero-order chi connectivity index (χ0) is 10.1. The van der Waals surface area contributed by atoms with E-state index in [1.54, 1.807) is 11.3 Å². The zero-order valence-electron chi connectivity index (χ0n) is 7.67. The van der Waals surface area contributed by atoms with Crippen molar-refractivity contribution in [2.45, 2.75) is 13.3 Å². The zero-order valence-corrected chi connectivity index (χ0v) is 9.25. The quantitative estimate of drug-likeness (QED) is 0.716. The van der Waals surface area contributed by atoms with Gasteiger partial charge in [-0.05, 0) is 34.9 Å². The van der Waals surface area contributed by atoms with Gasteiger partial charge in [0.05, 0.1) is 22.2 Å². The number of fused-ring (bicyclic) bond motifs is 1. The van der Waals surface area contributed by atoms with Gasteiger partial charge < -0.3 is 0 Å². The van der Waals surface area contributed by atoms with Crippen LogP contribution in [0.2, 0.25) is 5.02 Å². The van der Waals surface area contributed by atoms with Crippen molar-refractivity contribution < 1.29 is 0 Å². The van der Waals surface area contributed by atoms with Crippen LogP contribution in [0.25, 0.3) is 10.1 Å². The van der Waals surface area contributed by atoms with E-state index in [1.807, 2.05) is 18.4 Å². The Balaban J connectivity index is 2.76. The van der Waals surface area contributed by atoms with Gasteiger partial charge in [-0.25, -0.2) is 0 Å². The van der Waals surface area contributed by atoms with Crippen LogP contribution in [-0.4, -0.2) is 0 Å². The second kappa shape index (κ2) is 3.61. The van der Waals surface area contributed by atoms with E-state index >= 15 is 0 Å². The smallest absolute Gasteiger partial charge is 0.0670 e. The molecule has 0 N–H and O–H groups in total. The van der Waals surface area contributed by atoms with Crippen LogP contribution in [0.5, 0.6) is 0 Å². The Labute approximate surface area is 91.5 Å². The van der Waals surface area contributed by atoms with Crippen LogP contribution in [0.1, 0.15) is 11.1 Å². The lowest BCUT2D eigenvalue weighted by atomic mass is 10.1. The second-order valence-corrected chi connectivity index (χ2v) is 4.46. The summed E-state index contributed by atoms with van der Waals surface area (Å²) in [6.07, 6.45) is 0.382. The molecule has 0 amide bonds. The minimum Gasteiger partial charge on any atom is -0.198 e. The Morgan fingerprint density at radius 3 is 3.07 bits per heavy atom. The molecule has 0 aliphatic heterocycles. The molecule has 2 aromatic rings. The molecular formula is C11H8ClNS. The summed E-state index contributed by atoms with van der Waals surface area (Å²) in [6.45, 7) is 2.05. The van der Waals surface area contributed by atoms with Crippen molar-refractivity contribution >= 4 is 33.0 Å². The molecule has 1 aromatic heterocycles. The lowest BCUT2D eigenvalue weighted by Gasteiger charge is -2.03. The van der Waals surface area contributed by atoms with E-state index < -0.39 is 0 Å². The predicted molar refractivity (Wildman–Crippen MR) is 60.9 cm³/mol. The fraction of sp³-hybridized carbons (Fsp3) is 0.182. The number of hydrogen-bond donors (Lipinski definition) is 0. The maximum Gasteiger partial charge on any atom is 0.0670 e. The Morgan fingerprint density at radius 2 is 2.36 bits per heavy atom. The first kappa shape index (κ1) is 9.51. The van der Waals surface area contributed by atoms with Crippen LogP contribution < -0.4 is 0 Å². The van der Waals surface area contributed by atoms with Crippen molar-refractivity contribution in [3.8, 4) is 6.07 Å². The van der Waals surface area contributed by atoms with Gasteiger partial charge >= 0.3 is 0 Å². The largest absolute Gasteiger partial charge is 0.198 e. The first-order valence-electron chi connectivity index (χ1n) is 4.26. The Kier molecular flexibility index (Phi) is 2.45. The molecule has 3 heteroatoms. The van der Waals surface area contributed by atoms with E-state index in [1.165, 1.54) is 10.9 Å². The fourth-order valence-electron chi connectivity index (χ4n) is 1.55. The summed E-state index contributed by atoms with van der Waals surface area (Å²) in [4.78, 5) is 0. The second-order valence-electron chi connectivity index (χ2n) is 3.16. The van der Waals surface area contributed by atoms with Crippen molar-refractivity contribution in [3.05, 3.63) is 33.7 Å². The predicted octanol–water partition coefficient (Wildman–Crippen LogP) is 3.93. The average Bonchev–Trinajstić information content (AvgIpc) is 2.63. The molecule has 0 aliphatic carbocycles. The normalized spacial score (nSPS) is 10.4. The van der Waals surface area contributed by atoms with Gasteiger partial charge in [-0.15, -0.1) is 11.3 Å². The summed E-state index contributed by atoms with van der Waals surface area (Å²) >= 11 is 7.82. The summed E-state index contributed by atoms with van der Waals surface area (Å²) in [5.74, 6) is 0. The van der Waals surface area contributed by atoms with E-state index in [-0.39, 0.29) is 0 Å². The Hall–Kier alpha value is -1.04. The first-order chi connectivity index (χ1) is 6.74. The number of aryl methyl sites for hydroxylation is 1. The summed E-state index contributed by atoms with van der Waals surface area (Å²) < 4.78 is 1.09. The molecule has 2 rings (SSSR count). The lowest BCUT2D eigenvalue weighted by Crippen LogP contribution is -1.86. The number of rotatable bonds is 1. The van der Waals surface area contributed by atoms with Crippen LogP contribution in [0.4, 0.5) is 0 Å². The topological polar surface area (TPSA) is 23.8 Å². The van der Waals surface area contributed by atoms with Crippen LogP contribution in [0.3, 0.4) is 0 Å². The molecule has 1 aromatic carbocycles. The number of nitriles is 1. The lowest BCUT2D eigenvalue weighted by molar-refractivity contribution is 1.26. The van der Waals surface area contributed by atoms with Crippen molar-refractivity contribution in [1.29, 1.82) is 5.26 Å². The first-order valence-corrected chi connectivity index (χ1v) is 5.52. The average molecular weight is 222 g/mol. The SMILES string of the molecule is Cc1cc(CC#N)c(Cl)c2sccc12. The van der Waals surface area contributed by atoms with Crippen LogP contribution in [0.15, 0.2) is 17.5 Å².